The van der Waals surface area contributed by atoms with Crippen LogP contribution < -0.4 is 5.32 Å². The topological polar surface area (TPSA) is 97.0 Å². The Morgan fingerprint density at radius 1 is 1.28 bits per heavy atom. The van der Waals surface area contributed by atoms with Gasteiger partial charge < -0.3 is 14.6 Å². The Morgan fingerprint density at radius 3 is 2.76 bits per heavy atom. The van der Waals surface area contributed by atoms with E-state index in [1.165, 1.54) is 0 Å². The molecule has 1 fully saturated rings. The number of hydrogen-bond donors (Lipinski definition) is 1. The summed E-state index contributed by atoms with van der Waals surface area (Å²) in [5.41, 5.74) is 1.15. The number of hydrogen-bond acceptors (Lipinski definition) is 7. The molecule has 0 unspecified atom stereocenters. The SMILES string of the molecule is Cc1cc2c(NC3(C)CC3)nc(C(=O)N3CC=C(c4ncc(F)cn4)C3)nc2o1. The number of rotatable bonds is 4. The van der Waals surface area contributed by atoms with E-state index in [2.05, 4.69) is 32.2 Å². The smallest absolute Gasteiger partial charge is 0.292 e. The van der Waals surface area contributed by atoms with Crippen LogP contribution >= 0.6 is 0 Å². The van der Waals surface area contributed by atoms with Gasteiger partial charge in [0.25, 0.3) is 5.91 Å². The van der Waals surface area contributed by atoms with Crippen molar-refractivity contribution in [1.29, 1.82) is 0 Å². The monoisotopic (exact) mass is 394 g/mol. The molecule has 0 bridgehead atoms. The summed E-state index contributed by atoms with van der Waals surface area (Å²) in [6, 6.07) is 1.87. The molecule has 3 aromatic rings. The van der Waals surface area contributed by atoms with Crippen LogP contribution in [0.3, 0.4) is 0 Å². The first-order valence-corrected chi connectivity index (χ1v) is 9.43. The van der Waals surface area contributed by atoms with Gasteiger partial charge >= 0.3 is 0 Å². The number of carbonyl (C=O) groups excluding carboxylic acids is 1. The van der Waals surface area contributed by atoms with E-state index in [4.69, 9.17) is 4.42 Å². The van der Waals surface area contributed by atoms with E-state index in [1.54, 1.807) is 4.90 Å². The van der Waals surface area contributed by atoms with Crippen molar-refractivity contribution in [2.75, 3.05) is 18.4 Å². The summed E-state index contributed by atoms with van der Waals surface area (Å²) in [6.07, 6.45) is 6.18. The van der Waals surface area contributed by atoms with Crippen LogP contribution in [0, 0.1) is 12.7 Å². The van der Waals surface area contributed by atoms with Gasteiger partial charge in [0.2, 0.25) is 11.5 Å². The highest BCUT2D eigenvalue weighted by molar-refractivity contribution is 5.96. The highest BCUT2D eigenvalue weighted by Crippen LogP contribution is 2.39. The Balaban J connectivity index is 1.42. The number of anilines is 1. The third-order valence-corrected chi connectivity index (χ3v) is 5.24. The fraction of sp³-hybridized carbons (Fsp3) is 0.350. The number of aryl methyl sites for hydroxylation is 1. The molecule has 5 rings (SSSR count). The molecule has 2 aliphatic rings. The van der Waals surface area contributed by atoms with Crippen molar-refractivity contribution in [2.24, 2.45) is 0 Å². The first-order chi connectivity index (χ1) is 13.9. The quantitative estimate of drug-likeness (QED) is 0.726. The minimum absolute atomic E-state index is 0.00489. The lowest BCUT2D eigenvalue weighted by Gasteiger charge is -2.17. The first-order valence-electron chi connectivity index (χ1n) is 9.43. The summed E-state index contributed by atoms with van der Waals surface area (Å²) in [7, 11) is 0. The zero-order chi connectivity index (χ0) is 20.2. The van der Waals surface area contributed by atoms with Crippen LogP contribution in [0.2, 0.25) is 0 Å². The molecule has 8 nitrogen and oxygen atoms in total. The number of aromatic nitrogens is 4. The molecule has 1 saturated carbocycles. The standard InChI is InChI=1S/C20H19FN6O2/c1-11-7-14-16(26-20(2)4-5-20)24-17(25-18(14)29-11)19(28)27-6-3-12(10-27)15-22-8-13(21)9-23-15/h3,7-9H,4-6,10H2,1-2H3,(H,24,25,26). The van der Waals surface area contributed by atoms with Crippen molar-refractivity contribution in [2.45, 2.75) is 32.2 Å². The van der Waals surface area contributed by atoms with E-state index < -0.39 is 5.82 Å². The zero-order valence-electron chi connectivity index (χ0n) is 16.1. The normalized spacial score (nSPS) is 17.5. The molecular weight excluding hydrogens is 375 g/mol. The molecule has 1 amide bonds. The summed E-state index contributed by atoms with van der Waals surface area (Å²) in [6.45, 7) is 4.65. The summed E-state index contributed by atoms with van der Waals surface area (Å²) in [4.78, 5) is 31.5. The fourth-order valence-electron chi connectivity index (χ4n) is 3.32. The van der Waals surface area contributed by atoms with Gasteiger partial charge in [-0.1, -0.05) is 6.08 Å². The van der Waals surface area contributed by atoms with Crippen LogP contribution in [0.15, 0.2) is 29.0 Å². The largest absolute Gasteiger partial charge is 0.443 e. The lowest BCUT2D eigenvalue weighted by Crippen LogP contribution is -2.31. The summed E-state index contributed by atoms with van der Waals surface area (Å²) >= 11 is 0. The molecule has 1 aliphatic carbocycles. The van der Waals surface area contributed by atoms with Crippen LogP contribution in [0.5, 0.6) is 0 Å². The van der Waals surface area contributed by atoms with Crippen LogP contribution in [-0.4, -0.2) is 49.4 Å². The Labute approximate surface area is 165 Å². The number of halogens is 1. The Kier molecular flexibility index (Phi) is 3.87. The fourth-order valence-corrected chi connectivity index (χ4v) is 3.32. The Hall–Kier alpha value is -3.36. The van der Waals surface area contributed by atoms with Gasteiger partial charge in [0.1, 0.15) is 11.6 Å². The number of nitrogens with one attached hydrogen (secondary N) is 1. The van der Waals surface area contributed by atoms with Gasteiger partial charge in [-0.3, -0.25) is 4.79 Å². The minimum atomic E-state index is -0.500. The van der Waals surface area contributed by atoms with Crippen LogP contribution in [0.25, 0.3) is 16.7 Å². The van der Waals surface area contributed by atoms with Crippen molar-refractivity contribution >= 4 is 28.4 Å². The van der Waals surface area contributed by atoms with Crippen molar-refractivity contribution in [3.8, 4) is 0 Å². The van der Waals surface area contributed by atoms with E-state index in [0.717, 1.165) is 36.2 Å². The van der Waals surface area contributed by atoms with Crippen LogP contribution in [-0.2, 0) is 0 Å². The van der Waals surface area contributed by atoms with E-state index in [0.29, 0.717) is 36.2 Å². The van der Waals surface area contributed by atoms with Gasteiger partial charge in [-0.05, 0) is 32.8 Å². The third kappa shape index (κ3) is 3.32. The van der Waals surface area contributed by atoms with Crippen molar-refractivity contribution < 1.29 is 13.6 Å². The molecule has 3 aromatic heterocycles. The maximum Gasteiger partial charge on any atom is 0.292 e. The minimum Gasteiger partial charge on any atom is -0.443 e. The maximum absolute atomic E-state index is 13.1. The molecular formula is C20H19FN6O2. The summed E-state index contributed by atoms with van der Waals surface area (Å²) in [5.74, 6) is 1.00. The zero-order valence-corrected chi connectivity index (χ0v) is 16.1. The molecule has 29 heavy (non-hydrogen) atoms. The van der Waals surface area contributed by atoms with Gasteiger partial charge in [-0.2, -0.15) is 4.98 Å². The predicted molar refractivity (Wildman–Crippen MR) is 104 cm³/mol. The maximum atomic E-state index is 13.1. The van der Waals surface area contributed by atoms with Gasteiger partial charge in [0, 0.05) is 24.2 Å². The van der Waals surface area contributed by atoms with Crippen LogP contribution in [0.4, 0.5) is 10.2 Å². The highest BCUT2D eigenvalue weighted by atomic mass is 19.1. The van der Waals surface area contributed by atoms with Gasteiger partial charge in [-0.15, -0.1) is 0 Å². The Bertz CT molecular complexity index is 1150. The average Bonchev–Trinajstić information content (AvgIpc) is 3.08. The predicted octanol–water partition coefficient (Wildman–Crippen LogP) is 2.96. The van der Waals surface area contributed by atoms with E-state index in [-0.39, 0.29) is 17.3 Å². The van der Waals surface area contributed by atoms with Gasteiger partial charge in [0.15, 0.2) is 11.6 Å². The molecule has 4 heterocycles. The summed E-state index contributed by atoms with van der Waals surface area (Å²) in [5, 5.41) is 4.19. The molecule has 0 atom stereocenters. The second kappa shape index (κ2) is 6.33. The summed E-state index contributed by atoms with van der Waals surface area (Å²) < 4.78 is 18.7. The van der Waals surface area contributed by atoms with Crippen molar-refractivity contribution in [1.82, 2.24) is 24.8 Å². The molecule has 1 N–H and O–H groups in total. The Morgan fingerprint density at radius 2 is 2.03 bits per heavy atom. The number of furan rings is 1. The first kappa shape index (κ1) is 17.7. The molecule has 148 valence electrons. The lowest BCUT2D eigenvalue weighted by atomic mass is 10.2. The molecule has 9 heteroatoms. The van der Waals surface area contributed by atoms with Gasteiger partial charge in [-0.25, -0.2) is 19.3 Å². The van der Waals surface area contributed by atoms with E-state index in [9.17, 15) is 9.18 Å². The third-order valence-electron chi connectivity index (χ3n) is 5.24. The molecule has 0 saturated heterocycles. The van der Waals surface area contributed by atoms with Crippen molar-refractivity contribution in [3.05, 3.63) is 47.8 Å². The number of nitrogens with zero attached hydrogens (tertiary/aromatic N) is 5. The van der Waals surface area contributed by atoms with Crippen molar-refractivity contribution in [3.63, 3.8) is 0 Å². The lowest BCUT2D eigenvalue weighted by molar-refractivity contribution is 0.0789. The second-order valence-electron chi connectivity index (χ2n) is 7.80. The second-order valence-corrected chi connectivity index (χ2v) is 7.80. The number of fused-ring (bicyclic) bond motifs is 1. The molecule has 0 spiro atoms. The van der Waals surface area contributed by atoms with Gasteiger partial charge in [0.05, 0.1) is 17.8 Å². The number of carbonyl (C=O) groups is 1. The number of amides is 1. The van der Waals surface area contributed by atoms with Crippen LogP contribution in [0.1, 0.15) is 42.0 Å². The average molecular weight is 394 g/mol. The molecule has 0 radical (unpaired) electrons. The molecule has 0 aromatic carbocycles. The van der Waals surface area contributed by atoms with E-state index in [1.807, 2.05) is 19.1 Å². The molecule has 1 aliphatic heterocycles. The van der Waals surface area contributed by atoms with E-state index >= 15 is 0 Å². The highest BCUT2D eigenvalue weighted by Gasteiger charge is 2.38.